The van der Waals surface area contributed by atoms with E-state index in [0.29, 0.717) is 28.5 Å². The molecule has 0 aliphatic heterocycles. The van der Waals surface area contributed by atoms with Gasteiger partial charge in [0, 0.05) is 17.3 Å². The lowest BCUT2D eigenvalue weighted by Gasteiger charge is -2.28. The van der Waals surface area contributed by atoms with Gasteiger partial charge in [0.1, 0.15) is 5.75 Å². The molecule has 4 N–H and O–H groups in total. The number of aliphatic hydroxyl groups excluding tert-OH is 1. The second-order valence-corrected chi connectivity index (χ2v) is 8.02. The quantitative estimate of drug-likeness (QED) is 0.490. The molecule has 1 saturated carbocycles. The van der Waals surface area contributed by atoms with Crippen LogP contribution in [0.2, 0.25) is 0 Å². The Balaban J connectivity index is 1.67. The summed E-state index contributed by atoms with van der Waals surface area (Å²) in [5.41, 5.74) is 8.57. The van der Waals surface area contributed by atoms with E-state index >= 15 is 0 Å². The molecule has 0 radical (unpaired) electrons. The molecule has 0 spiro atoms. The Morgan fingerprint density at radius 1 is 0.938 bits per heavy atom. The minimum atomic E-state index is -0.478. The van der Waals surface area contributed by atoms with Crippen LogP contribution in [-0.2, 0) is 0 Å². The number of carbonyl (C=O) groups is 1. The fourth-order valence-corrected chi connectivity index (χ4v) is 4.10. The van der Waals surface area contributed by atoms with E-state index in [2.05, 4.69) is 5.32 Å². The van der Waals surface area contributed by atoms with Crippen LogP contribution in [0.5, 0.6) is 17.2 Å². The number of hydrogen-bond acceptors (Lipinski definition) is 5. The van der Waals surface area contributed by atoms with Gasteiger partial charge >= 0.3 is 0 Å². The van der Waals surface area contributed by atoms with E-state index in [9.17, 15) is 9.90 Å². The summed E-state index contributed by atoms with van der Waals surface area (Å²) in [6.07, 6.45) is 2.94. The van der Waals surface area contributed by atoms with E-state index in [1.165, 1.54) is 0 Å². The number of nitrogens with one attached hydrogen (secondary N) is 1. The van der Waals surface area contributed by atoms with Crippen molar-refractivity contribution in [3.8, 4) is 28.4 Å². The van der Waals surface area contributed by atoms with Crippen molar-refractivity contribution in [2.24, 2.45) is 5.73 Å². The number of carbonyl (C=O) groups excluding carboxylic acids is 1. The van der Waals surface area contributed by atoms with Crippen molar-refractivity contribution in [3.63, 3.8) is 0 Å². The third-order valence-electron chi connectivity index (χ3n) is 5.83. The lowest BCUT2D eigenvalue weighted by molar-refractivity contribution is 0.100. The van der Waals surface area contributed by atoms with Gasteiger partial charge in [-0.1, -0.05) is 36.4 Å². The maximum absolute atomic E-state index is 12.0. The van der Waals surface area contributed by atoms with Crippen LogP contribution >= 0.6 is 0 Å². The number of hydrogen-bond donors (Lipinski definition) is 3. The molecule has 32 heavy (non-hydrogen) atoms. The molecule has 1 fully saturated rings. The van der Waals surface area contributed by atoms with Crippen molar-refractivity contribution in [2.75, 3.05) is 12.4 Å². The molecule has 3 aromatic rings. The van der Waals surface area contributed by atoms with Gasteiger partial charge in [-0.3, -0.25) is 4.79 Å². The molecule has 0 saturated heterocycles. The molecule has 0 bridgehead atoms. The highest BCUT2D eigenvalue weighted by atomic mass is 16.5. The third-order valence-corrected chi connectivity index (χ3v) is 5.83. The zero-order valence-electron chi connectivity index (χ0n) is 18.1. The lowest BCUT2D eigenvalue weighted by atomic mass is 9.92. The number of methoxy groups -OCH3 is 1. The highest BCUT2D eigenvalue weighted by molar-refractivity contribution is 5.99. The second-order valence-electron chi connectivity index (χ2n) is 8.02. The Morgan fingerprint density at radius 2 is 1.59 bits per heavy atom. The number of nitrogens with two attached hydrogens (primary N) is 1. The van der Waals surface area contributed by atoms with Gasteiger partial charge in [0.2, 0.25) is 0 Å². The number of rotatable bonds is 7. The summed E-state index contributed by atoms with van der Waals surface area (Å²) in [6.45, 7) is 0. The standard InChI is InChI=1S/C26H28N2O4/c1-31-24-8-4-5-9-25(24)32-23-7-3-2-6-20(23)17-10-15-21(26(27)30)22(16-17)28-18-11-13-19(29)14-12-18/h2-10,15-16,18-19,28-29H,11-14H2,1H3,(H2,27,30)/t18-,19-. The van der Waals surface area contributed by atoms with E-state index in [0.717, 1.165) is 36.8 Å². The van der Waals surface area contributed by atoms with Crippen molar-refractivity contribution in [1.29, 1.82) is 0 Å². The number of aliphatic hydroxyl groups is 1. The van der Waals surface area contributed by atoms with Crippen LogP contribution < -0.4 is 20.5 Å². The van der Waals surface area contributed by atoms with Gasteiger partial charge in [0.25, 0.3) is 5.91 Å². The summed E-state index contributed by atoms with van der Waals surface area (Å²) in [6, 6.07) is 21.0. The van der Waals surface area contributed by atoms with Gasteiger partial charge < -0.3 is 25.6 Å². The first-order chi connectivity index (χ1) is 15.5. The number of primary amides is 1. The Bertz CT molecular complexity index is 1090. The number of ether oxygens (including phenoxy) is 2. The molecule has 6 nitrogen and oxygen atoms in total. The topological polar surface area (TPSA) is 93.8 Å². The summed E-state index contributed by atoms with van der Waals surface area (Å²) in [5.74, 6) is 1.47. The summed E-state index contributed by atoms with van der Waals surface area (Å²) in [7, 11) is 1.61. The SMILES string of the molecule is COc1ccccc1Oc1ccccc1-c1ccc(C(N)=O)c(N[C@H]2CC[C@H](O)CC2)c1. The number of amides is 1. The Morgan fingerprint density at radius 3 is 2.28 bits per heavy atom. The molecular formula is C26H28N2O4. The highest BCUT2D eigenvalue weighted by Crippen LogP contribution is 2.38. The zero-order valence-corrected chi connectivity index (χ0v) is 18.1. The molecule has 0 heterocycles. The van der Waals surface area contributed by atoms with Crippen molar-refractivity contribution in [3.05, 3.63) is 72.3 Å². The van der Waals surface area contributed by atoms with E-state index in [1.807, 2.05) is 60.7 Å². The van der Waals surface area contributed by atoms with Crippen molar-refractivity contribution < 1.29 is 19.4 Å². The largest absolute Gasteiger partial charge is 0.493 e. The molecule has 1 aliphatic carbocycles. The van der Waals surface area contributed by atoms with Crippen LogP contribution in [0.25, 0.3) is 11.1 Å². The predicted octanol–water partition coefficient (Wildman–Crippen LogP) is 4.97. The molecule has 0 atom stereocenters. The van der Waals surface area contributed by atoms with Crippen LogP contribution in [-0.4, -0.2) is 30.3 Å². The van der Waals surface area contributed by atoms with E-state index in [-0.39, 0.29) is 12.1 Å². The first kappa shape index (κ1) is 21.7. The van der Waals surface area contributed by atoms with Gasteiger partial charge in [0.05, 0.1) is 18.8 Å². The van der Waals surface area contributed by atoms with E-state index in [1.54, 1.807) is 13.2 Å². The van der Waals surface area contributed by atoms with Crippen LogP contribution in [0.3, 0.4) is 0 Å². The van der Waals surface area contributed by atoms with Gasteiger partial charge in [-0.25, -0.2) is 0 Å². The minimum absolute atomic E-state index is 0.187. The summed E-state index contributed by atoms with van der Waals surface area (Å²) in [4.78, 5) is 12.0. The number of benzene rings is 3. The summed E-state index contributed by atoms with van der Waals surface area (Å²) >= 11 is 0. The second kappa shape index (κ2) is 9.75. The number of para-hydroxylation sites is 3. The van der Waals surface area contributed by atoms with Crippen LogP contribution in [0, 0.1) is 0 Å². The monoisotopic (exact) mass is 432 g/mol. The molecule has 6 heteroatoms. The Kier molecular flexibility index (Phi) is 6.61. The Labute approximate surface area is 188 Å². The van der Waals surface area contributed by atoms with Crippen LogP contribution in [0.15, 0.2) is 66.7 Å². The smallest absolute Gasteiger partial charge is 0.250 e. The summed E-state index contributed by atoms with van der Waals surface area (Å²) in [5, 5.41) is 13.3. The maximum Gasteiger partial charge on any atom is 0.250 e. The minimum Gasteiger partial charge on any atom is -0.493 e. The van der Waals surface area contributed by atoms with Gasteiger partial charge in [0.15, 0.2) is 11.5 Å². The molecule has 0 unspecified atom stereocenters. The highest BCUT2D eigenvalue weighted by Gasteiger charge is 2.21. The average Bonchev–Trinajstić information content (AvgIpc) is 2.81. The maximum atomic E-state index is 12.0. The number of anilines is 1. The van der Waals surface area contributed by atoms with Crippen molar-refractivity contribution in [2.45, 2.75) is 37.8 Å². The van der Waals surface area contributed by atoms with Crippen LogP contribution in [0.4, 0.5) is 5.69 Å². The van der Waals surface area contributed by atoms with Crippen molar-refractivity contribution >= 4 is 11.6 Å². The third kappa shape index (κ3) is 4.86. The van der Waals surface area contributed by atoms with Crippen molar-refractivity contribution in [1.82, 2.24) is 0 Å². The first-order valence-electron chi connectivity index (χ1n) is 10.8. The molecule has 0 aromatic heterocycles. The van der Waals surface area contributed by atoms with E-state index < -0.39 is 5.91 Å². The molecular weight excluding hydrogens is 404 g/mol. The van der Waals surface area contributed by atoms with Gasteiger partial charge in [-0.15, -0.1) is 0 Å². The molecule has 3 aromatic carbocycles. The fraction of sp³-hybridized carbons (Fsp3) is 0.269. The normalized spacial score (nSPS) is 18.1. The molecule has 166 valence electrons. The van der Waals surface area contributed by atoms with Gasteiger partial charge in [-0.05, 0) is 61.6 Å². The van der Waals surface area contributed by atoms with E-state index in [4.69, 9.17) is 15.2 Å². The Hall–Kier alpha value is -3.51. The molecule has 1 amide bonds. The zero-order chi connectivity index (χ0) is 22.5. The van der Waals surface area contributed by atoms with Crippen LogP contribution in [0.1, 0.15) is 36.0 Å². The average molecular weight is 433 g/mol. The first-order valence-corrected chi connectivity index (χ1v) is 10.8. The lowest BCUT2D eigenvalue weighted by Crippen LogP contribution is -2.29. The van der Waals surface area contributed by atoms with Gasteiger partial charge in [-0.2, -0.15) is 0 Å². The summed E-state index contributed by atoms with van der Waals surface area (Å²) < 4.78 is 11.6. The molecule has 4 rings (SSSR count). The molecule has 1 aliphatic rings. The predicted molar refractivity (Wildman–Crippen MR) is 125 cm³/mol. The fourth-order valence-electron chi connectivity index (χ4n) is 4.10.